The Kier molecular flexibility index (Phi) is 4.67. The van der Waals surface area contributed by atoms with Crippen LogP contribution in [0.1, 0.15) is 23.7 Å². The van der Waals surface area contributed by atoms with E-state index in [1.165, 1.54) is 7.11 Å². The first kappa shape index (κ1) is 17.6. The molecule has 0 saturated carbocycles. The van der Waals surface area contributed by atoms with Gasteiger partial charge in [-0.05, 0) is 11.6 Å². The predicted molar refractivity (Wildman–Crippen MR) is 98.2 cm³/mol. The van der Waals surface area contributed by atoms with Crippen LogP contribution in [0.15, 0.2) is 36.8 Å². The summed E-state index contributed by atoms with van der Waals surface area (Å²) >= 11 is 0. The van der Waals surface area contributed by atoms with Crippen LogP contribution in [0.4, 0.5) is 5.69 Å². The first-order valence-electron chi connectivity index (χ1n) is 8.58. The molecular formula is C18H17N7O3. The Hall–Kier alpha value is -3.82. The summed E-state index contributed by atoms with van der Waals surface area (Å²) in [5.74, 6) is 0.265. The number of anilines is 1. The lowest BCUT2D eigenvalue weighted by Crippen LogP contribution is -2.35. The highest BCUT2D eigenvalue weighted by atomic mass is 16.5. The van der Waals surface area contributed by atoms with Crippen molar-refractivity contribution in [2.75, 3.05) is 12.4 Å². The van der Waals surface area contributed by atoms with Crippen molar-refractivity contribution >= 4 is 17.5 Å². The SMILES string of the molecule is COc1cccc2c1NC(=O)C[C@H]2C(=O)NCc1nc(-c2cnccn2)n[nH]1. The summed E-state index contributed by atoms with van der Waals surface area (Å²) in [6.07, 6.45) is 4.72. The number of nitrogens with zero attached hydrogens (tertiary/aromatic N) is 4. The lowest BCUT2D eigenvalue weighted by atomic mass is 9.89. The number of fused-ring (bicyclic) bond motifs is 1. The minimum atomic E-state index is -0.610. The van der Waals surface area contributed by atoms with E-state index in [-0.39, 0.29) is 24.8 Å². The van der Waals surface area contributed by atoms with Crippen LogP contribution in [0.2, 0.25) is 0 Å². The second-order valence-electron chi connectivity index (χ2n) is 6.14. The molecule has 0 aliphatic carbocycles. The first-order valence-corrected chi connectivity index (χ1v) is 8.58. The standard InChI is InChI=1S/C18H17N7O3/c1-28-13-4-2-3-10-11(7-15(26)23-16(10)13)18(27)21-9-14-22-17(25-24-14)12-8-19-5-6-20-12/h2-6,8,11H,7,9H2,1H3,(H,21,27)(H,23,26)(H,22,24,25)/t11-/m1/s1. The van der Waals surface area contributed by atoms with Gasteiger partial charge < -0.3 is 15.4 Å². The Morgan fingerprint density at radius 2 is 2.25 bits per heavy atom. The molecule has 10 heteroatoms. The van der Waals surface area contributed by atoms with Crippen LogP contribution in [0.25, 0.3) is 11.5 Å². The van der Waals surface area contributed by atoms with Crippen molar-refractivity contribution in [3.8, 4) is 17.3 Å². The van der Waals surface area contributed by atoms with E-state index >= 15 is 0 Å². The number of hydrogen-bond donors (Lipinski definition) is 3. The van der Waals surface area contributed by atoms with Gasteiger partial charge in [-0.1, -0.05) is 12.1 Å². The molecule has 3 aromatic rings. The first-order chi connectivity index (χ1) is 13.7. The van der Waals surface area contributed by atoms with Gasteiger partial charge in [0.2, 0.25) is 17.6 Å². The van der Waals surface area contributed by atoms with Gasteiger partial charge in [-0.3, -0.25) is 19.7 Å². The Labute approximate surface area is 159 Å². The van der Waals surface area contributed by atoms with E-state index in [0.29, 0.717) is 34.3 Å². The number of rotatable bonds is 5. The number of carbonyl (C=O) groups excluding carboxylic acids is 2. The average Bonchev–Trinajstić information content (AvgIpc) is 3.20. The second-order valence-corrected chi connectivity index (χ2v) is 6.14. The summed E-state index contributed by atoms with van der Waals surface area (Å²) in [6.45, 7) is 0.142. The Balaban J connectivity index is 1.48. The predicted octanol–water partition coefficient (Wildman–Crippen LogP) is 1.01. The maximum absolute atomic E-state index is 12.7. The van der Waals surface area contributed by atoms with Crippen LogP contribution in [0.5, 0.6) is 5.75 Å². The van der Waals surface area contributed by atoms with Gasteiger partial charge in [-0.15, -0.1) is 0 Å². The number of nitrogens with one attached hydrogen (secondary N) is 3. The fourth-order valence-electron chi connectivity index (χ4n) is 3.06. The number of carbonyl (C=O) groups is 2. The Morgan fingerprint density at radius 1 is 1.36 bits per heavy atom. The number of aromatic nitrogens is 5. The number of benzene rings is 1. The molecule has 2 aromatic heterocycles. The highest BCUT2D eigenvalue weighted by Gasteiger charge is 2.32. The highest BCUT2D eigenvalue weighted by Crippen LogP contribution is 2.38. The number of H-pyrrole nitrogens is 1. The maximum atomic E-state index is 12.7. The molecular weight excluding hydrogens is 362 g/mol. The molecule has 4 rings (SSSR count). The average molecular weight is 379 g/mol. The molecule has 1 atom stereocenters. The summed E-state index contributed by atoms with van der Waals surface area (Å²) in [7, 11) is 1.52. The molecule has 3 N–H and O–H groups in total. The van der Waals surface area contributed by atoms with Crippen LogP contribution in [0, 0.1) is 0 Å². The Bertz CT molecular complexity index is 1020. The van der Waals surface area contributed by atoms with E-state index < -0.39 is 5.92 Å². The van der Waals surface area contributed by atoms with Crippen LogP contribution in [-0.4, -0.2) is 44.1 Å². The molecule has 28 heavy (non-hydrogen) atoms. The molecule has 2 amide bonds. The fourth-order valence-corrected chi connectivity index (χ4v) is 3.06. The van der Waals surface area contributed by atoms with Gasteiger partial charge in [-0.25, -0.2) is 9.97 Å². The lowest BCUT2D eigenvalue weighted by Gasteiger charge is -2.26. The van der Waals surface area contributed by atoms with Crippen LogP contribution in [0.3, 0.4) is 0 Å². The molecule has 1 aromatic carbocycles. The van der Waals surface area contributed by atoms with Gasteiger partial charge in [0.15, 0.2) is 0 Å². The van der Waals surface area contributed by atoms with E-state index in [4.69, 9.17) is 4.74 Å². The molecule has 0 spiro atoms. The van der Waals surface area contributed by atoms with Crippen molar-refractivity contribution < 1.29 is 14.3 Å². The van der Waals surface area contributed by atoms with E-state index in [2.05, 4.69) is 35.8 Å². The van der Waals surface area contributed by atoms with Crippen LogP contribution >= 0.6 is 0 Å². The number of para-hydroxylation sites is 1. The zero-order valence-electron chi connectivity index (χ0n) is 15.0. The van der Waals surface area contributed by atoms with Crippen LogP contribution < -0.4 is 15.4 Å². The molecule has 1 aliphatic rings. The largest absolute Gasteiger partial charge is 0.495 e. The van der Waals surface area contributed by atoms with Crippen molar-refractivity contribution in [3.05, 3.63) is 48.2 Å². The quantitative estimate of drug-likeness (QED) is 0.602. The topological polar surface area (TPSA) is 135 Å². The Morgan fingerprint density at radius 3 is 3.04 bits per heavy atom. The molecule has 0 unspecified atom stereocenters. The molecule has 0 fully saturated rings. The summed E-state index contributed by atoms with van der Waals surface area (Å²) in [6, 6.07) is 5.34. The minimum absolute atomic E-state index is 0.0628. The zero-order valence-corrected chi connectivity index (χ0v) is 15.0. The third-order valence-corrected chi connectivity index (χ3v) is 4.38. The van der Waals surface area contributed by atoms with Gasteiger partial charge in [0.1, 0.15) is 17.3 Å². The summed E-state index contributed by atoms with van der Waals surface area (Å²) in [5, 5.41) is 12.4. The van der Waals surface area contributed by atoms with E-state index in [9.17, 15) is 9.59 Å². The monoisotopic (exact) mass is 379 g/mol. The molecule has 10 nitrogen and oxygen atoms in total. The lowest BCUT2D eigenvalue weighted by molar-refractivity contribution is -0.126. The summed E-state index contributed by atoms with van der Waals surface area (Å²) in [4.78, 5) is 37.2. The maximum Gasteiger partial charge on any atom is 0.228 e. The number of ether oxygens (including phenoxy) is 1. The number of hydrogen-bond acceptors (Lipinski definition) is 7. The van der Waals surface area contributed by atoms with Gasteiger partial charge in [0, 0.05) is 18.8 Å². The summed E-state index contributed by atoms with van der Waals surface area (Å²) in [5.41, 5.74) is 1.78. The minimum Gasteiger partial charge on any atom is -0.495 e. The zero-order chi connectivity index (χ0) is 19.5. The number of aromatic amines is 1. The number of methoxy groups -OCH3 is 1. The third-order valence-electron chi connectivity index (χ3n) is 4.38. The van der Waals surface area contributed by atoms with Gasteiger partial charge >= 0.3 is 0 Å². The smallest absolute Gasteiger partial charge is 0.228 e. The van der Waals surface area contributed by atoms with Crippen molar-refractivity contribution in [1.29, 1.82) is 0 Å². The molecule has 3 heterocycles. The normalized spacial score (nSPS) is 15.5. The summed E-state index contributed by atoms with van der Waals surface area (Å²) < 4.78 is 5.28. The van der Waals surface area contributed by atoms with Crippen molar-refractivity contribution in [1.82, 2.24) is 30.5 Å². The molecule has 1 aliphatic heterocycles. The molecule has 0 radical (unpaired) electrons. The molecule has 0 bridgehead atoms. The molecule has 142 valence electrons. The van der Waals surface area contributed by atoms with E-state index in [0.717, 1.165) is 0 Å². The third kappa shape index (κ3) is 3.39. The molecule has 0 saturated heterocycles. The van der Waals surface area contributed by atoms with Crippen molar-refractivity contribution in [2.45, 2.75) is 18.9 Å². The highest BCUT2D eigenvalue weighted by molar-refractivity contribution is 6.02. The van der Waals surface area contributed by atoms with Gasteiger partial charge in [-0.2, -0.15) is 5.10 Å². The van der Waals surface area contributed by atoms with Crippen molar-refractivity contribution in [2.24, 2.45) is 0 Å². The number of amides is 2. The fraction of sp³-hybridized carbons (Fsp3) is 0.222. The van der Waals surface area contributed by atoms with Crippen LogP contribution in [-0.2, 0) is 16.1 Å². The van der Waals surface area contributed by atoms with E-state index in [1.54, 1.807) is 30.7 Å². The van der Waals surface area contributed by atoms with Gasteiger partial charge in [0.05, 0.1) is 31.5 Å². The second kappa shape index (κ2) is 7.43. The van der Waals surface area contributed by atoms with Gasteiger partial charge in [0.25, 0.3) is 0 Å². The van der Waals surface area contributed by atoms with E-state index in [1.807, 2.05) is 6.07 Å². The van der Waals surface area contributed by atoms with Crippen molar-refractivity contribution in [3.63, 3.8) is 0 Å².